The second-order valence-corrected chi connectivity index (χ2v) is 7.45. The van der Waals surface area contributed by atoms with Crippen LogP contribution < -0.4 is 10.6 Å². The summed E-state index contributed by atoms with van der Waals surface area (Å²) >= 11 is 0. The van der Waals surface area contributed by atoms with E-state index in [0.717, 1.165) is 39.0 Å². The van der Waals surface area contributed by atoms with Gasteiger partial charge in [-0.25, -0.2) is 0 Å². The molecule has 0 radical (unpaired) electrons. The van der Waals surface area contributed by atoms with E-state index in [1.165, 1.54) is 17.7 Å². The summed E-state index contributed by atoms with van der Waals surface area (Å²) in [5.41, 5.74) is 0. The number of amides is 1. The van der Waals surface area contributed by atoms with Gasteiger partial charge in [0.1, 0.15) is 6.42 Å². The van der Waals surface area contributed by atoms with Gasteiger partial charge in [0.15, 0.2) is 0 Å². The van der Waals surface area contributed by atoms with Crippen molar-refractivity contribution in [1.29, 1.82) is 0 Å². The average Bonchev–Trinajstić information content (AvgIpc) is 3.03. The summed E-state index contributed by atoms with van der Waals surface area (Å²) in [5, 5.41) is 7.26. The highest BCUT2D eigenvalue weighted by molar-refractivity contribution is 5.85. The van der Waals surface area contributed by atoms with E-state index >= 15 is 0 Å². The van der Waals surface area contributed by atoms with Gasteiger partial charge in [-0.05, 0) is 31.6 Å². The topological polar surface area (TPSA) is 53.6 Å². The predicted molar refractivity (Wildman–Crippen MR) is 94.4 cm³/mol. The minimum absolute atomic E-state index is 0. The van der Waals surface area contributed by atoms with Crippen LogP contribution in [-0.2, 0) is 9.53 Å². The number of carbonyl (C=O) groups excluding carboxylic acids is 1. The molecule has 3 aliphatic rings. The molecular formula is C17H29ClF3N3O2. The molecule has 3 fully saturated rings. The molecule has 1 amide bonds. The number of hydrogen-bond acceptors (Lipinski definition) is 4. The average molecular weight is 400 g/mol. The Labute approximate surface area is 158 Å². The monoisotopic (exact) mass is 399 g/mol. The molecule has 0 aromatic rings. The van der Waals surface area contributed by atoms with Gasteiger partial charge in [-0.2, -0.15) is 13.2 Å². The van der Waals surface area contributed by atoms with Crippen LogP contribution in [0.2, 0.25) is 0 Å². The molecular weight excluding hydrogens is 371 g/mol. The third kappa shape index (κ3) is 5.97. The summed E-state index contributed by atoms with van der Waals surface area (Å²) < 4.78 is 42.6. The molecule has 1 aliphatic carbocycles. The maximum atomic E-state index is 12.4. The van der Waals surface area contributed by atoms with Crippen molar-refractivity contribution in [2.75, 3.05) is 32.8 Å². The Hall–Kier alpha value is -0.570. The molecule has 0 aromatic heterocycles. The van der Waals surface area contributed by atoms with Gasteiger partial charge in [-0.3, -0.25) is 4.79 Å². The van der Waals surface area contributed by atoms with Crippen molar-refractivity contribution in [2.24, 2.45) is 5.92 Å². The van der Waals surface area contributed by atoms with E-state index in [4.69, 9.17) is 4.74 Å². The molecule has 0 spiro atoms. The summed E-state index contributed by atoms with van der Waals surface area (Å²) in [7, 11) is 0. The Morgan fingerprint density at radius 2 is 1.92 bits per heavy atom. The number of alkyl halides is 3. The minimum Gasteiger partial charge on any atom is -0.379 e. The van der Waals surface area contributed by atoms with Crippen molar-refractivity contribution >= 4 is 18.3 Å². The van der Waals surface area contributed by atoms with Crippen LogP contribution >= 0.6 is 12.4 Å². The lowest BCUT2D eigenvalue weighted by atomic mass is 9.92. The molecule has 0 bridgehead atoms. The first kappa shape index (κ1) is 21.7. The van der Waals surface area contributed by atoms with Crippen molar-refractivity contribution in [2.45, 2.75) is 62.8 Å². The zero-order valence-corrected chi connectivity index (χ0v) is 15.7. The molecule has 152 valence electrons. The normalized spacial score (nSPS) is 30.9. The molecule has 0 aromatic carbocycles. The fourth-order valence-corrected chi connectivity index (χ4v) is 4.42. The molecule has 2 aliphatic heterocycles. The van der Waals surface area contributed by atoms with Gasteiger partial charge in [0.25, 0.3) is 0 Å². The standard InChI is InChI=1S/C17H28F3N3O2.ClH/c18-17(19,20)10-16(24)23-7-4-12(5-8-23)22-14-3-1-2-13(14)15-11-25-9-6-21-15;/h12-15,21-22H,1-11H2;1H. The summed E-state index contributed by atoms with van der Waals surface area (Å²) in [6.07, 6.45) is -0.800. The summed E-state index contributed by atoms with van der Waals surface area (Å²) in [6.45, 7) is 3.25. The Kier molecular flexibility index (Phi) is 8.00. The van der Waals surface area contributed by atoms with Gasteiger partial charge in [-0.1, -0.05) is 6.42 Å². The Balaban J connectivity index is 0.00000243. The van der Waals surface area contributed by atoms with E-state index in [1.807, 2.05) is 0 Å². The van der Waals surface area contributed by atoms with E-state index in [1.54, 1.807) is 0 Å². The molecule has 26 heavy (non-hydrogen) atoms. The molecule has 2 heterocycles. The second kappa shape index (κ2) is 9.57. The van der Waals surface area contributed by atoms with Crippen LogP contribution in [0.15, 0.2) is 0 Å². The lowest BCUT2D eigenvalue weighted by Gasteiger charge is -2.37. The van der Waals surface area contributed by atoms with Crippen LogP contribution in [0.3, 0.4) is 0 Å². The van der Waals surface area contributed by atoms with Crippen molar-refractivity contribution in [3.63, 3.8) is 0 Å². The Morgan fingerprint density at radius 3 is 2.54 bits per heavy atom. The fourth-order valence-electron chi connectivity index (χ4n) is 4.42. The van der Waals surface area contributed by atoms with Gasteiger partial charge >= 0.3 is 6.18 Å². The number of nitrogens with zero attached hydrogens (tertiary/aromatic N) is 1. The Bertz CT molecular complexity index is 453. The summed E-state index contributed by atoms with van der Waals surface area (Å²) in [5.74, 6) is -0.251. The zero-order chi connectivity index (χ0) is 17.9. The van der Waals surface area contributed by atoms with Crippen LogP contribution in [-0.4, -0.2) is 68.0 Å². The SMILES string of the molecule is Cl.O=C(CC(F)(F)F)N1CCC(NC2CCCC2C2COCCN2)CC1. The minimum atomic E-state index is -4.42. The summed E-state index contributed by atoms with van der Waals surface area (Å²) in [4.78, 5) is 13.0. The molecule has 2 N–H and O–H groups in total. The number of ether oxygens (including phenoxy) is 1. The van der Waals surface area contributed by atoms with Crippen LogP contribution in [0.1, 0.15) is 38.5 Å². The lowest BCUT2D eigenvalue weighted by Crippen LogP contribution is -2.54. The number of piperidine rings is 1. The maximum absolute atomic E-state index is 12.4. The van der Waals surface area contributed by atoms with Crippen LogP contribution in [0.4, 0.5) is 13.2 Å². The van der Waals surface area contributed by atoms with E-state index in [9.17, 15) is 18.0 Å². The van der Waals surface area contributed by atoms with E-state index in [0.29, 0.717) is 31.1 Å². The smallest absolute Gasteiger partial charge is 0.379 e. The molecule has 3 rings (SSSR count). The number of likely N-dealkylation sites (tertiary alicyclic amines) is 1. The maximum Gasteiger partial charge on any atom is 0.397 e. The number of carbonyl (C=O) groups is 1. The number of rotatable bonds is 4. The molecule has 2 saturated heterocycles. The first-order valence-corrected chi connectivity index (χ1v) is 9.34. The predicted octanol–water partition coefficient (Wildman–Crippen LogP) is 2.10. The van der Waals surface area contributed by atoms with Gasteiger partial charge in [-0.15, -0.1) is 12.4 Å². The number of hydrogen-bond donors (Lipinski definition) is 2. The van der Waals surface area contributed by atoms with Crippen LogP contribution in [0.5, 0.6) is 0 Å². The molecule has 5 nitrogen and oxygen atoms in total. The first-order chi connectivity index (χ1) is 11.9. The molecule has 3 unspecified atom stereocenters. The molecule has 1 saturated carbocycles. The van der Waals surface area contributed by atoms with Crippen LogP contribution in [0.25, 0.3) is 0 Å². The quantitative estimate of drug-likeness (QED) is 0.760. The van der Waals surface area contributed by atoms with Crippen molar-refractivity contribution in [3.05, 3.63) is 0 Å². The fraction of sp³-hybridized carbons (Fsp3) is 0.941. The summed E-state index contributed by atoms with van der Waals surface area (Å²) in [6, 6.07) is 1.11. The van der Waals surface area contributed by atoms with E-state index in [2.05, 4.69) is 10.6 Å². The second-order valence-electron chi connectivity index (χ2n) is 7.45. The van der Waals surface area contributed by atoms with E-state index < -0.39 is 18.5 Å². The van der Waals surface area contributed by atoms with Crippen molar-refractivity contribution in [3.8, 4) is 0 Å². The third-order valence-electron chi connectivity index (χ3n) is 5.69. The third-order valence-corrected chi connectivity index (χ3v) is 5.69. The number of halogens is 4. The number of nitrogens with one attached hydrogen (secondary N) is 2. The highest BCUT2D eigenvalue weighted by Gasteiger charge is 2.37. The van der Waals surface area contributed by atoms with Gasteiger partial charge in [0.2, 0.25) is 5.91 Å². The Morgan fingerprint density at radius 1 is 1.19 bits per heavy atom. The lowest BCUT2D eigenvalue weighted by molar-refractivity contribution is -0.162. The van der Waals surface area contributed by atoms with Gasteiger partial charge < -0.3 is 20.3 Å². The van der Waals surface area contributed by atoms with Crippen molar-refractivity contribution < 1.29 is 22.7 Å². The van der Waals surface area contributed by atoms with Crippen LogP contribution in [0, 0.1) is 5.92 Å². The first-order valence-electron chi connectivity index (χ1n) is 9.34. The van der Waals surface area contributed by atoms with E-state index in [-0.39, 0.29) is 18.4 Å². The molecule has 9 heteroatoms. The highest BCUT2D eigenvalue weighted by atomic mass is 35.5. The van der Waals surface area contributed by atoms with Gasteiger partial charge in [0, 0.05) is 37.8 Å². The molecule has 3 atom stereocenters. The van der Waals surface area contributed by atoms with Gasteiger partial charge in [0.05, 0.1) is 13.2 Å². The largest absolute Gasteiger partial charge is 0.397 e. The number of morpholine rings is 1. The highest BCUT2D eigenvalue weighted by Crippen LogP contribution is 2.31. The van der Waals surface area contributed by atoms with Crippen molar-refractivity contribution in [1.82, 2.24) is 15.5 Å². The zero-order valence-electron chi connectivity index (χ0n) is 14.9.